The first-order valence-corrected chi connectivity index (χ1v) is 6.80. The first kappa shape index (κ1) is 14.9. The zero-order chi connectivity index (χ0) is 15.2. The lowest BCUT2D eigenvalue weighted by Gasteiger charge is -2.35. The molecule has 0 radical (unpaired) electrons. The van der Waals surface area contributed by atoms with Crippen LogP contribution in [0.2, 0.25) is 0 Å². The van der Waals surface area contributed by atoms with E-state index in [1.54, 1.807) is 4.90 Å². The van der Waals surface area contributed by atoms with E-state index in [9.17, 15) is 9.59 Å². The fraction of sp³-hybridized carbons (Fsp3) is 0.400. The van der Waals surface area contributed by atoms with Crippen molar-refractivity contribution in [2.75, 3.05) is 13.1 Å². The largest absolute Gasteiger partial charge is 0.481 e. The molecule has 0 aromatic heterocycles. The molecule has 2 rings (SSSR count). The lowest BCUT2D eigenvalue weighted by atomic mass is 10.0. The Morgan fingerprint density at radius 2 is 1.90 bits per heavy atom. The van der Waals surface area contributed by atoms with Crippen molar-refractivity contribution in [1.82, 2.24) is 10.2 Å². The van der Waals surface area contributed by atoms with Gasteiger partial charge >= 0.3 is 12.0 Å². The summed E-state index contributed by atoms with van der Waals surface area (Å²) in [5.74, 6) is -0.846. The Hall–Kier alpha value is -2.55. The molecule has 21 heavy (non-hydrogen) atoms. The van der Waals surface area contributed by atoms with Crippen LogP contribution in [0.25, 0.3) is 0 Å². The number of hydrogen-bond donors (Lipinski definition) is 2. The summed E-state index contributed by atoms with van der Waals surface area (Å²) in [7, 11) is 0. The first-order chi connectivity index (χ1) is 10.1. The van der Waals surface area contributed by atoms with Gasteiger partial charge in [0.2, 0.25) is 0 Å². The van der Waals surface area contributed by atoms with E-state index in [0.29, 0.717) is 26.1 Å². The maximum atomic E-state index is 11.7. The van der Waals surface area contributed by atoms with Crippen LogP contribution in [-0.4, -0.2) is 35.1 Å². The van der Waals surface area contributed by atoms with E-state index >= 15 is 0 Å². The Balaban J connectivity index is 1.75. The van der Waals surface area contributed by atoms with Crippen LogP contribution >= 0.6 is 0 Å². The number of carbonyl (C=O) groups is 2. The maximum Gasteiger partial charge on any atom is 0.317 e. The van der Waals surface area contributed by atoms with Crippen molar-refractivity contribution in [3.63, 3.8) is 0 Å². The van der Waals surface area contributed by atoms with Gasteiger partial charge in [0.25, 0.3) is 0 Å². The average molecular weight is 287 g/mol. The number of urea groups is 1. The topological polar surface area (TPSA) is 93.4 Å². The van der Waals surface area contributed by atoms with Gasteiger partial charge in [-0.3, -0.25) is 4.79 Å². The highest BCUT2D eigenvalue weighted by molar-refractivity contribution is 5.75. The lowest BCUT2D eigenvalue weighted by Crippen LogP contribution is -2.53. The number of hydrogen-bond acceptors (Lipinski definition) is 3. The molecule has 1 aromatic rings. The van der Waals surface area contributed by atoms with Crippen LogP contribution in [0.15, 0.2) is 24.3 Å². The third-order valence-corrected chi connectivity index (χ3v) is 3.45. The monoisotopic (exact) mass is 287 g/mol. The fourth-order valence-corrected chi connectivity index (χ4v) is 2.09. The van der Waals surface area contributed by atoms with Crippen LogP contribution in [0.3, 0.4) is 0 Å². The van der Waals surface area contributed by atoms with Crippen molar-refractivity contribution in [2.45, 2.75) is 19.4 Å². The predicted octanol–water partition coefficient (Wildman–Crippen LogP) is 1.37. The summed E-state index contributed by atoms with van der Waals surface area (Å²) in [6, 6.07) is 9.48. The van der Waals surface area contributed by atoms with E-state index in [1.807, 2.05) is 24.3 Å². The van der Waals surface area contributed by atoms with Crippen molar-refractivity contribution >= 4 is 12.0 Å². The molecule has 110 valence electrons. The van der Waals surface area contributed by atoms with Gasteiger partial charge in [0.15, 0.2) is 0 Å². The average Bonchev–Trinajstić information content (AvgIpc) is 2.43. The molecule has 0 aliphatic carbocycles. The van der Waals surface area contributed by atoms with Gasteiger partial charge in [-0.2, -0.15) is 5.26 Å². The highest BCUT2D eigenvalue weighted by atomic mass is 16.4. The Bertz CT molecular complexity index is 557. The normalized spacial score (nSPS) is 14.1. The van der Waals surface area contributed by atoms with E-state index in [1.165, 1.54) is 0 Å². The fourth-order valence-electron chi connectivity index (χ4n) is 2.09. The molecule has 1 fully saturated rings. The van der Waals surface area contributed by atoms with Crippen LogP contribution in [-0.2, 0) is 17.8 Å². The van der Waals surface area contributed by atoms with Gasteiger partial charge in [0.1, 0.15) is 0 Å². The summed E-state index contributed by atoms with van der Waals surface area (Å²) in [5, 5.41) is 20.1. The van der Waals surface area contributed by atoms with E-state index in [-0.39, 0.29) is 18.4 Å². The minimum absolute atomic E-state index is 0.0377. The predicted molar refractivity (Wildman–Crippen MR) is 75.3 cm³/mol. The van der Waals surface area contributed by atoms with Gasteiger partial charge < -0.3 is 15.3 Å². The van der Waals surface area contributed by atoms with Gasteiger partial charge in [-0.05, 0) is 17.5 Å². The molecule has 1 saturated heterocycles. The Morgan fingerprint density at radius 3 is 2.48 bits per heavy atom. The van der Waals surface area contributed by atoms with Gasteiger partial charge in [0.05, 0.1) is 12.0 Å². The third kappa shape index (κ3) is 4.21. The smallest absolute Gasteiger partial charge is 0.317 e. The number of aliphatic carboxylic acids is 1. The van der Waals surface area contributed by atoms with Crippen molar-refractivity contribution < 1.29 is 14.7 Å². The summed E-state index contributed by atoms with van der Waals surface area (Å²) in [5.41, 5.74) is 1.92. The van der Waals surface area contributed by atoms with Crippen LogP contribution < -0.4 is 5.32 Å². The number of benzene rings is 1. The number of carbonyl (C=O) groups excluding carboxylic acids is 1. The van der Waals surface area contributed by atoms with Crippen molar-refractivity contribution in [3.05, 3.63) is 35.4 Å². The number of nitriles is 1. The highest BCUT2D eigenvalue weighted by Gasteiger charge is 2.30. The summed E-state index contributed by atoms with van der Waals surface area (Å²) in [6.45, 7) is 1.42. The zero-order valence-electron chi connectivity index (χ0n) is 11.6. The number of nitrogens with zero attached hydrogens (tertiary/aromatic N) is 2. The van der Waals surface area contributed by atoms with Crippen LogP contribution in [0.5, 0.6) is 0 Å². The molecule has 1 aliphatic rings. The number of aryl methyl sites for hydroxylation is 1. The maximum absolute atomic E-state index is 11.7. The van der Waals surface area contributed by atoms with E-state index in [0.717, 1.165) is 11.1 Å². The summed E-state index contributed by atoms with van der Waals surface area (Å²) in [4.78, 5) is 23.8. The molecule has 0 unspecified atom stereocenters. The Morgan fingerprint density at radius 1 is 1.29 bits per heavy atom. The number of amides is 2. The third-order valence-electron chi connectivity index (χ3n) is 3.45. The molecule has 2 N–H and O–H groups in total. The van der Waals surface area contributed by atoms with E-state index < -0.39 is 5.97 Å². The van der Waals surface area contributed by atoms with Gasteiger partial charge in [-0.15, -0.1) is 0 Å². The standard InChI is InChI=1S/C15H17N3O3/c16-7-13-9-18(10-13)15(21)17-8-12-3-1-11(2-4-12)5-6-14(19)20/h1-4,13H,5-6,8-10H2,(H,17,21)(H,19,20). The molecule has 0 saturated carbocycles. The number of rotatable bonds is 5. The van der Waals surface area contributed by atoms with Crippen molar-refractivity contribution in [1.29, 1.82) is 5.26 Å². The Labute approximate surface area is 123 Å². The molecular formula is C15H17N3O3. The molecule has 0 spiro atoms. The molecule has 0 atom stereocenters. The van der Waals surface area contributed by atoms with Gasteiger partial charge in [-0.1, -0.05) is 24.3 Å². The summed E-state index contributed by atoms with van der Waals surface area (Å²) < 4.78 is 0. The molecular weight excluding hydrogens is 270 g/mol. The van der Waals surface area contributed by atoms with Crippen LogP contribution in [0.4, 0.5) is 4.79 Å². The summed E-state index contributed by atoms with van der Waals surface area (Å²) in [6.07, 6.45) is 0.621. The molecule has 1 heterocycles. The number of likely N-dealkylation sites (tertiary alicyclic amines) is 1. The Kier molecular flexibility index (Phi) is 4.77. The second kappa shape index (κ2) is 6.75. The van der Waals surface area contributed by atoms with Gasteiger partial charge in [-0.25, -0.2) is 4.79 Å². The number of carboxylic acids is 1. The van der Waals surface area contributed by atoms with Crippen molar-refractivity contribution in [3.8, 4) is 6.07 Å². The first-order valence-electron chi connectivity index (χ1n) is 6.80. The van der Waals surface area contributed by atoms with Gasteiger partial charge in [0, 0.05) is 26.1 Å². The summed E-state index contributed by atoms with van der Waals surface area (Å²) >= 11 is 0. The van der Waals surface area contributed by atoms with Crippen molar-refractivity contribution in [2.24, 2.45) is 5.92 Å². The second-order valence-corrected chi connectivity index (χ2v) is 5.10. The van der Waals surface area contributed by atoms with Crippen LogP contribution in [0, 0.1) is 17.2 Å². The minimum atomic E-state index is -0.809. The molecule has 1 aliphatic heterocycles. The molecule has 6 heteroatoms. The lowest BCUT2D eigenvalue weighted by molar-refractivity contribution is -0.136. The SMILES string of the molecule is N#CC1CN(C(=O)NCc2ccc(CCC(=O)O)cc2)C1. The van der Waals surface area contributed by atoms with E-state index in [4.69, 9.17) is 10.4 Å². The highest BCUT2D eigenvalue weighted by Crippen LogP contribution is 2.14. The quantitative estimate of drug-likeness (QED) is 0.855. The minimum Gasteiger partial charge on any atom is -0.481 e. The molecule has 2 amide bonds. The zero-order valence-corrected chi connectivity index (χ0v) is 11.6. The molecule has 0 bridgehead atoms. The molecule has 1 aromatic carbocycles. The number of nitrogens with one attached hydrogen (secondary N) is 1. The van der Waals surface area contributed by atoms with E-state index in [2.05, 4.69) is 11.4 Å². The number of carboxylic acid groups (broad SMARTS) is 1. The molecule has 6 nitrogen and oxygen atoms in total. The second-order valence-electron chi connectivity index (χ2n) is 5.10. The van der Waals surface area contributed by atoms with Crippen LogP contribution in [0.1, 0.15) is 17.5 Å².